The minimum absolute atomic E-state index is 0.122. The minimum atomic E-state index is -4.61. The molecule has 0 saturated carbocycles. The number of carbonyl (C=O) groups excluding carboxylic acids is 1. The third-order valence-corrected chi connectivity index (χ3v) is 1.90. The van der Waals surface area contributed by atoms with E-state index >= 15 is 0 Å². The van der Waals surface area contributed by atoms with Gasteiger partial charge in [-0.1, -0.05) is 0 Å². The maximum atomic E-state index is 12.3. The van der Waals surface area contributed by atoms with Crippen LogP contribution in [-0.2, 0) is 22.1 Å². The van der Waals surface area contributed by atoms with Crippen LogP contribution in [0, 0.1) is 0 Å². The number of aromatic hydroxyl groups is 1. The molecule has 0 bridgehead atoms. The fraction of sp³-hybridized carbons (Fsp3) is 0.400. The van der Waals surface area contributed by atoms with Gasteiger partial charge in [-0.05, 0) is 13.0 Å². The summed E-state index contributed by atoms with van der Waals surface area (Å²) in [5.74, 6) is -1.17. The van der Waals surface area contributed by atoms with Crippen molar-refractivity contribution in [2.45, 2.75) is 19.5 Å². The van der Waals surface area contributed by atoms with Crippen LogP contribution in [0.15, 0.2) is 12.3 Å². The van der Waals surface area contributed by atoms with Crippen LogP contribution in [0.1, 0.15) is 18.2 Å². The van der Waals surface area contributed by atoms with Crippen LogP contribution in [0.3, 0.4) is 0 Å². The summed E-state index contributed by atoms with van der Waals surface area (Å²) in [6.07, 6.45) is -4.38. The van der Waals surface area contributed by atoms with Gasteiger partial charge in [-0.3, -0.25) is 4.79 Å². The highest BCUT2D eigenvalue weighted by Gasteiger charge is 2.33. The summed E-state index contributed by atoms with van der Waals surface area (Å²) in [6.45, 7) is 1.70. The van der Waals surface area contributed by atoms with Crippen LogP contribution in [0.25, 0.3) is 0 Å². The third-order valence-electron chi connectivity index (χ3n) is 1.90. The fourth-order valence-corrected chi connectivity index (χ4v) is 1.15. The number of hydrogen-bond acceptors (Lipinski definition) is 4. The zero-order valence-electron chi connectivity index (χ0n) is 8.91. The molecule has 17 heavy (non-hydrogen) atoms. The Labute approximate surface area is 95.0 Å². The van der Waals surface area contributed by atoms with E-state index in [1.165, 1.54) is 0 Å². The average Bonchev–Trinajstić information content (AvgIpc) is 2.20. The van der Waals surface area contributed by atoms with Crippen LogP contribution >= 0.6 is 0 Å². The molecule has 4 nitrogen and oxygen atoms in total. The molecule has 0 saturated heterocycles. The Kier molecular flexibility index (Phi) is 3.93. The normalized spacial score (nSPS) is 11.3. The number of aromatic nitrogens is 1. The van der Waals surface area contributed by atoms with Gasteiger partial charge in [-0.15, -0.1) is 0 Å². The monoisotopic (exact) mass is 249 g/mol. The van der Waals surface area contributed by atoms with E-state index in [4.69, 9.17) is 0 Å². The number of halogens is 3. The Morgan fingerprint density at radius 3 is 2.71 bits per heavy atom. The van der Waals surface area contributed by atoms with Crippen LogP contribution in [0.2, 0.25) is 0 Å². The number of hydrogen-bond donors (Lipinski definition) is 1. The minimum Gasteiger partial charge on any atom is -0.506 e. The lowest BCUT2D eigenvalue weighted by molar-refractivity contribution is -0.143. The summed E-state index contributed by atoms with van der Waals surface area (Å²) >= 11 is 0. The highest BCUT2D eigenvalue weighted by Crippen LogP contribution is 2.30. The molecule has 0 atom stereocenters. The zero-order chi connectivity index (χ0) is 13.1. The first-order valence-electron chi connectivity index (χ1n) is 4.75. The fourth-order valence-electron chi connectivity index (χ4n) is 1.15. The molecule has 1 N–H and O–H groups in total. The van der Waals surface area contributed by atoms with Gasteiger partial charge in [0.25, 0.3) is 0 Å². The van der Waals surface area contributed by atoms with Gasteiger partial charge in [0.15, 0.2) is 0 Å². The van der Waals surface area contributed by atoms with Crippen molar-refractivity contribution in [3.8, 4) is 5.75 Å². The van der Waals surface area contributed by atoms with E-state index in [9.17, 15) is 23.1 Å². The first-order chi connectivity index (χ1) is 7.84. The van der Waals surface area contributed by atoms with Crippen LogP contribution < -0.4 is 0 Å². The summed E-state index contributed by atoms with van der Waals surface area (Å²) in [6, 6.07) is 0.631. The molecule has 0 aliphatic rings. The van der Waals surface area contributed by atoms with Gasteiger partial charge in [0, 0.05) is 5.56 Å². The zero-order valence-corrected chi connectivity index (χ0v) is 8.91. The molecule has 0 aromatic carbocycles. The van der Waals surface area contributed by atoms with Gasteiger partial charge < -0.3 is 9.84 Å². The molecule has 0 radical (unpaired) electrons. The molecule has 1 aromatic rings. The Morgan fingerprint density at radius 2 is 2.18 bits per heavy atom. The predicted octanol–water partition coefficient (Wildman–Crippen LogP) is 1.91. The van der Waals surface area contributed by atoms with Crippen LogP contribution in [-0.4, -0.2) is 22.7 Å². The van der Waals surface area contributed by atoms with E-state index in [1.54, 1.807) is 6.92 Å². The van der Waals surface area contributed by atoms with E-state index in [0.717, 1.165) is 0 Å². The first kappa shape index (κ1) is 13.3. The number of rotatable bonds is 3. The van der Waals surface area contributed by atoms with Crippen LogP contribution in [0.5, 0.6) is 5.75 Å². The van der Waals surface area contributed by atoms with Gasteiger partial charge in [0.05, 0.1) is 19.2 Å². The SMILES string of the molecule is CCOC(=O)Cc1cc(C(F)(F)F)ncc1O. The summed E-state index contributed by atoms with van der Waals surface area (Å²) in [4.78, 5) is 14.1. The molecule has 1 rings (SSSR count). The molecule has 0 aliphatic carbocycles. The number of pyridine rings is 1. The maximum absolute atomic E-state index is 12.3. The Hall–Kier alpha value is -1.79. The van der Waals surface area contributed by atoms with Crippen molar-refractivity contribution in [3.05, 3.63) is 23.5 Å². The van der Waals surface area contributed by atoms with Gasteiger partial charge >= 0.3 is 12.1 Å². The lowest BCUT2D eigenvalue weighted by Crippen LogP contribution is -2.11. The molecule has 0 aliphatic heterocycles. The van der Waals surface area contributed by atoms with Crippen molar-refractivity contribution in [3.63, 3.8) is 0 Å². The highest BCUT2D eigenvalue weighted by molar-refractivity contribution is 5.73. The van der Waals surface area contributed by atoms with E-state index < -0.39 is 30.0 Å². The summed E-state index contributed by atoms with van der Waals surface area (Å²) in [7, 11) is 0. The Balaban J connectivity index is 2.95. The topological polar surface area (TPSA) is 59.4 Å². The summed E-state index contributed by atoms with van der Waals surface area (Å²) < 4.78 is 41.5. The van der Waals surface area contributed by atoms with Crippen molar-refractivity contribution >= 4 is 5.97 Å². The molecule has 0 unspecified atom stereocenters. The van der Waals surface area contributed by atoms with Crippen molar-refractivity contribution in [1.82, 2.24) is 4.98 Å². The second-order valence-corrected chi connectivity index (χ2v) is 3.18. The Bertz CT molecular complexity index is 418. The van der Waals surface area contributed by atoms with E-state index in [1.807, 2.05) is 0 Å². The van der Waals surface area contributed by atoms with Gasteiger partial charge in [-0.2, -0.15) is 13.2 Å². The van der Waals surface area contributed by atoms with Crippen molar-refractivity contribution < 1.29 is 27.8 Å². The van der Waals surface area contributed by atoms with Crippen molar-refractivity contribution in [2.75, 3.05) is 6.61 Å². The molecule has 1 heterocycles. The second-order valence-electron chi connectivity index (χ2n) is 3.18. The van der Waals surface area contributed by atoms with E-state index in [-0.39, 0.29) is 12.2 Å². The van der Waals surface area contributed by atoms with Crippen molar-refractivity contribution in [2.24, 2.45) is 0 Å². The van der Waals surface area contributed by atoms with E-state index in [2.05, 4.69) is 9.72 Å². The molecule has 0 fully saturated rings. The number of carbonyl (C=O) groups is 1. The summed E-state index contributed by atoms with van der Waals surface area (Å²) in [5.41, 5.74) is -1.32. The maximum Gasteiger partial charge on any atom is 0.433 e. The lowest BCUT2D eigenvalue weighted by atomic mass is 10.1. The molecule has 94 valence electrons. The number of nitrogens with zero attached hydrogens (tertiary/aromatic N) is 1. The highest BCUT2D eigenvalue weighted by atomic mass is 19.4. The van der Waals surface area contributed by atoms with E-state index in [0.29, 0.717) is 12.3 Å². The Morgan fingerprint density at radius 1 is 1.53 bits per heavy atom. The third kappa shape index (κ3) is 3.61. The second kappa shape index (κ2) is 5.03. The quantitative estimate of drug-likeness (QED) is 0.831. The van der Waals surface area contributed by atoms with Crippen LogP contribution in [0.4, 0.5) is 13.2 Å². The standard InChI is InChI=1S/C10H10F3NO3/c1-2-17-9(16)4-6-3-8(10(11,12)13)14-5-7(6)15/h3,5,15H,2,4H2,1H3. The van der Waals surface area contributed by atoms with Crippen molar-refractivity contribution in [1.29, 1.82) is 0 Å². The molecular weight excluding hydrogens is 239 g/mol. The molecule has 1 aromatic heterocycles. The van der Waals surface area contributed by atoms with Gasteiger partial charge in [-0.25, -0.2) is 4.98 Å². The average molecular weight is 249 g/mol. The molecule has 0 spiro atoms. The first-order valence-corrected chi connectivity index (χ1v) is 4.75. The lowest BCUT2D eigenvalue weighted by Gasteiger charge is -2.09. The number of ether oxygens (including phenoxy) is 1. The van der Waals surface area contributed by atoms with Gasteiger partial charge in [0.1, 0.15) is 11.4 Å². The number of esters is 1. The summed E-state index contributed by atoms with van der Waals surface area (Å²) in [5, 5.41) is 9.28. The molecule has 7 heteroatoms. The molecular formula is C10H10F3NO3. The largest absolute Gasteiger partial charge is 0.506 e. The number of alkyl halides is 3. The van der Waals surface area contributed by atoms with Gasteiger partial charge in [0.2, 0.25) is 0 Å². The predicted molar refractivity (Wildman–Crippen MR) is 51.2 cm³/mol. The molecule has 0 amide bonds. The smallest absolute Gasteiger partial charge is 0.433 e.